The van der Waals surface area contributed by atoms with E-state index in [9.17, 15) is 0 Å². The van der Waals surface area contributed by atoms with Crippen LogP contribution in [0.15, 0.2) is 21.5 Å². The quantitative estimate of drug-likeness (QED) is 0.697. The Kier molecular flexibility index (Phi) is 1.95. The molecule has 0 spiro atoms. The Labute approximate surface area is 84.1 Å². The SMILES string of the molecule is Brc1ncc(Br)c2sncc12. The molecule has 2 rings (SSSR count). The number of halogens is 2. The van der Waals surface area contributed by atoms with Gasteiger partial charge in [0.2, 0.25) is 0 Å². The molecular weight excluding hydrogens is 292 g/mol. The molecule has 0 aliphatic heterocycles. The lowest BCUT2D eigenvalue weighted by molar-refractivity contribution is 1.30. The lowest BCUT2D eigenvalue weighted by atomic mass is 10.4. The fraction of sp³-hybridized carbons (Fsp3) is 0. The van der Waals surface area contributed by atoms with Crippen molar-refractivity contribution in [3.05, 3.63) is 21.5 Å². The summed E-state index contributed by atoms with van der Waals surface area (Å²) in [4.78, 5) is 4.12. The first-order valence-corrected chi connectivity index (χ1v) is 5.19. The lowest BCUT2D eigenvalue weighted by Gasteiger charge is -1.92. The molecule has 0 saturated carbocycles. The van der Waals surface area contributed by atoms with Gasteiger partial charge >= 0.3 is 0 Å². The Morgan fingerprint density at radius 3 is 2.82 bits per heavy atom. The molecule has 0 aliphatic rings. The van der Waals surface area contributed by atoms with Gasteiger partial charge in [0.05, 0.1) is 15.4 Å². The summed E-state index contributed by atoms with van der Waals surface area (Å²) < 4.78 is 7.05. The van der Waals surface area contributed by atoms with Gasteiger partial charge in [-0.3, -0.25) is 0 Å². The molecule has 56 valence electrons. The van der Waals surface area contributed by atoms with Crippen LogP contribution in [0.5, 0.6) is 0 Å². The van der Waals surface area contributed by atoms with Crippen LogP contribution in [-0.2, 0) is 0 Å². The molecule has 0 aromatic carbocycles. The third-order valence-corrected chi connectivity index (χ3v) is 3.63. The summed E-state index contributed by atoms with van der Waals surface area (Å²) in [5.74, 6) is 0. The highest BCUT2D eigenvalue weighted by atomic mass is 79.9. The number of nitrogens with zero attached hydrogens (tertiary/aromatic N) is 2. The first kappa shape index (κ1) is 7.64. The molecule has 0 aliphatic carbocycles. The van der Waals surface area contributed by atoms with Crippen LogP contribution in [0.25, 0.3) is 10.1 Å². The van der Waals surface area contributed by atoms with Crippen molar-refractivity contribution < 1.29 is 0 Å². The molecule has 2 aromatic rings. The Hall–Kier alpha value is -0.0000000000000000555. The highest BCUT2D eigenvalue weighted by Gasteiger charge is 2.04. The van der Waals surface area contributed by atoms with Gasteiger partial charge in [0.15, 0.2) is 0 Å². The molecule has 0 unspecified atom stereocenters. The number of hydrogen-bond acceptors (Lipinski definition) is 3. The molecule has 0 amide bonds. The second-order valence-corrected chi connectivity index (χ2v) is 4.37. The maximum atomic E-state index is 4.12. The van der Waals surface area contributed by atoms with Crippen LogP contribution in [-0.4, -0.2) is 9.36 Å². The number of aromatic nitrogens is 2. The first-order valence-electron chi connectivity index (χ1n) is 2.83. The summed E-state index contributed by atoms with van der Waals surface area (Å²) >= 11 is 8.20. The van der Waals surface area contributed by atoms with Crippen molar-refractivity contribution in [2.24, 2.45) is 0 Å². The summed E-state index contributed by atoms with van der Waals surface area (Å²) in [6.07, 6.45) is 3.58. The Morgan fingerprint density at radius 1 is 1.27 bits per heavy atom. The third-order valence-electron chi connectivity index (χ3n) is 1.30. The number of fused-ring (bicyclic) bond motifs is 1. The first-order chi connectivity index (χ1) is 5.29. The monoisotopic (exact) mass is 292 g/mol. The predicted octanol–water partition coefficient (Wildman–Crippen LogP) is 3.22. The van der Waals surface area contributed by atoms with Crippen LogP contribution >= 0.6 is 43.4 Å². The van der Waals surface area contributed by atoms with E-state index in [1.807, 2.05) is 6.20 Å². The largest absolute Gasteiger partial charge is 0.247 e. The molecule has 0 radical (unpaired) electrons. The maximum absolute atomic E-state index is 4.12. The van der Waals surface area contributed by atoms with Crippen LogP contribution in [0.4, 0.5) is 0 Å². The zero-order chi connectivity index (χ0) is 7.84. The van der Waals surface area contributed by atoms with Gasteiger partial charge < -0.3 is 0 Å². The Morgan fingerprint density at radius 2 is 2.09 bits per heavy atom. The minimum Gasteiger partial charge on any atom is -0.247 e. The van der Waals surface area contributed by atoms with Crippen molar-refractivity contribution in [2.75, 3.05) is 0 Å². The van der Waals surface area contributed by atoms with E-state index in [2.05, 4.69) is 41.2 Å². The van der Waals surface area contributed by atoms with Crippen LogP contribution in [0, 0.1) is 0 Å². The Bertz CT molecular complexity index is 362. The molecule has 0 fully saturated rings. The highest BCUT2D eigenvalue weighted by Crippen LogP contribution is 2.30. The third kappa shape index (κ3) is 1.21. The smallest absolute Gasteiger partial charge is 0.116 e. The molecule has 2 nitrogen and oxygen atoms in total. The topological polar surface area (TPSA) is 25.8 Å². The fourth-order valence-electron chi connectivity index (χ4n) is 0.800. The van der Waals surface area contributed by atoms with Crippen LogP contribution in [0.3, 0.4) is 0 Å². The summed E-state index contributed by atoms with van der Waals surface area (Å²) in [5, 5.41) is 1.06. The summed E-state index contributed by atoms with van der Waals surface area (Å²) in [6.45, 7) is 0. The summed E-state index contributed by atoms with van der Waals surface area (Å²) in [7, 11) is 0. The van der Waals surface area contributed by atoms with Crippen LogP contribution in [0.1, 0.15) is 0 Å². The van der Waals surface area contributed by atoms with Crippen molar-refractivity contribution in [3.8, 4) is 0 Å². The molecule has 0 bridgehead atoms. The van der Waals surface area contributed by atoms with E-state index in [4.69, 9.17) is 0 Å². The number of pyridine rings is 1. The zero-order valence-electron chi connectivity index (χ0n) is 5.21. The molecular formula is C6H2Br2N2S. The molecule has 11 heavy (non-hydrogen) atoms. The average molecular weight is 294 g/mol. The van der Waals surface area contributed by atoms with Gasteiger partial charge in [-0.1, -0.05) is 0 Å². The molecule has 2 heterocycles. The molecule has 0 N–H and O–H groups in total. The van der Waals surface area contributed by atoms with E-state index < -0.39 is 0 Å². The van der Waals surface area contributed by atoms with Crippen LogP contribution < -0.4 is 0 Å². The van der Waals surface area contributed by atoms with Gasteiger partial charge in [-0.2, -0.15) is 4.37 Å². The molecule has 0 saturated heterocycles. The van der Waals surface area contributed by atoms with E-state index in [1.54, 1.807) is 6.20 Å². The van der Waals surface area contributed by atoms with Crippen LogP contribution in [0.2, 0.25) is 0 Å². The second-order valence-electron chi connectivity index (χ2n) is 1.97. The summed E-state index contributed by atoms with van der Waals surface area (Å²) in [5.41, 5.74) is 0. The van der Waals surface area contributed by atoms with E-state index >= 15 is 0 Å². The van der Waals surface area contributed by atoms with E-state index in [-0.39, 0.29) is 0 Å². The predicted molar refractivity (Wildman–Crippen MR) is 52.8 cm³/mol. The van der Waals surface area contributed by atoms with Gasteiger partial charge in [-0.15, -0.1) is 0 Å². The number of hydrogen-bond donors (Lipinski definition) is 0. The minimum atomic E-state index is 0.851. The van der Waals surface area contributed by atoms with Gasteiger partial charge in [-0.25, -0.2) is 4.98 Å². The van der Waals surface area contributed by atoms with E-state index in [0.717, 1.165) is 19.2 Å². The maximum Gasteiger partial charge on any atom is 0.116 e. The average Bonchev–Trinajstić information content (AvgIpc) is 2.45. The van der Waals surface area contributed by atoms with Gasteiger partial charge in [-0.05, 0) is 43.4 Å². The molecule has 2 aromatic heterocycles. The van der Waals surface area contributed by atoms with Crippen molar-refractivity contribution >= 4 is 53.5 Å². The fourth-order valence-corrected chi connectivity index (χ4v) is 2.52. The van der Waals surface area contributed by atoms with Gasteiger partial charge in [0.25, 0.3) is 0 Å². The van der Waals surface area contributed by atoms with Gasteiger partial charge in [0.1, 0.15) is 4.60 Å². The lowest BCUT2D eigenvalue weighted by Crippen LogP contribution is -1.74. The van der Waals surface area contributed by atoms with E-state index in [0.29, 0.717) is 0 Å². The Balaban J connectivity index is 2.96. The molecule has 0 atom stereocenters. The standard InChI is InChI=1S/C6H2Br2N2S/c7-4-2-9-6(8)3-1-10-11-5(3)4/h1-2H. The van der Waals surface area contributed by atoms with Crippen molar-refractivity contribution in [1.82, 2.24) is 9.36 Å². The normalized spacial score (nSPS) is 10.7. The summed E-state index contributed by atoms with van der Waals surface area (Å²) in [6, 6.07) is 0. The zero-order valence-corrected chi connectivity index (χ0v) is 9.20. The highest BCUT2D eigenvalue weighted by molar-refractivity contribution is 9.11. The van der Waals surface area contributed by atoms with Crippen molar-refractivity contribution in [2.45, 2.75) is 0 Å². The second kappa shape index (κ2) is 2.80. The van der Waals surface area contributed by atoms with Gasteiger partial charge in [0, 0.05) is 11.6 Å². The minimum absolute atomic E-state index is 0.851. The van der Waals surface area contributed by atoms with Crippen molar-refractivity contribution in [3.63, 3.8) is 0 Å². The molecule has 5 heteroatoms. The van der Waals surface area contributed by atoms with Crippen molar-refractivity contribution in [1.29, 1.82) is 0 Å². The van der Waals surface area contributed by atoms with E-state index in [1.165, 1.54) is 11.5 Å². The number of rotatable bonds is 0.